The van der Waals surface area contributed by atoms with E-state index in [2.05, 4.69) is 9.97 Å². The van der Waals surface area contributed by atoms with E-state index in [0.717, 1.165) is 6.07 Å². The van der Waals surface area contributed by atoms with Crippen molar-refractivity contribution in [2.45, 2.75) is 6.92 Å². The fraction of sp³-hybridized carbons (Fsp3) is 0.231. The first kappa shape index (κ1) is 22.8. The number of aromatic amines is 1. The van der Waals surface area contributed by atoms with E-state index in [1.54, 1.807) is 31.2 Å². The van der Waals surface area contributed by atoms with Crippen molar-refractivity contribution in [3.8, 4) is 16.9 Å². The number of ether oxygens (including phenoxy) is 1. The maximum absolute atomic E-state index is 15.0. The van der Waals surface area contributed by atoms with Crippen molar-refractivity contribution >= 4 is 22.6 Å². The number of rotatable bonds is 4. The fourth-order valence-corrected chi connectivity index (χ4v) is 4.52. The molecule has 1 N–H and O–H groups in total. The summed E-state index contributed by atoms with van der Waals surface area (Å²) in [4.78, 5) is 24.3. The highest BCUT2D eigenvalue weighted by Crippen LogP contribution is 2.35. The fourth-order valence-electron chi connectivity index (χ4n) is 4.52. The van der Waals surface area contributed by atoms with Gasteiger partial charge in [-0.25, -0.2) is 18.2 Å². The van der Waals surface area contributed by atoms with E-state index in [9.17, 15) is 18.0 Å². The van der Waals surface area contributed by atoms with Crippen LogP contribution in [0.2, 0.25) is 0 Å². The van der Waals surface area contributed by atoms with Gasteiger partial charge in [-0.2, -0.15) is 0 Å². The van der Waals surface area contributed by atoms with E-state index < -0.39 is 17.5 Å². The molecule has 1 aliphatic heterocycles. The molecule has 1 fully saturated rings. The van der Waals surface area contributed by atoms with Crippen molar-refractivity contribution in [3.05, 3.63) is 77.4 Å². The number of aryl methyl sites for hydroxylation is 1. The van der Waals surface area contributed by atoms with Gasteiger partial charge in [-0.05, 0) is 48.4 Å². The van der Waals surface area contributed by atoms with Crippen molar-refractivity contribution in [1.29, 1.82) is 0 Å². The lowest BCUT2D eigenvalue weighted by molar-refractivity contribution is 0.0741. The van der Waals surface area contributed by atoms with Crippen LogP contribution in [0.15, 0.2) is 48.7 Å². The van der Waals surface area contributed by atoms with E-state index in [1.807, 2.05) is 11.0 Å². The highest BCUT2D eigenvalue weighted by Gasteiger charge is 2.27. The predicted molar refractivity (Wildman–Crippen MR) is 127 cm³/mol. The SMILES string of the molecule is COc1cccnc1N1CCN(C(=O)c2cc3c(-c4cccc(F)c4F)cc(C)c(F)c3[nH]2)CC1. The van der Waals surface area contributed by atoms with Gasteiger partial charge in [0.05, 0.1) is 12.6 Å². The molecule has 0 atom stereocenters. The molecule has 0 radical (unpaired) electrons. The first-order valence-corrected chi connectivity index (χ1v) is 11.2. The van der Waals surface area contributed by atoms with E-state index in [1.165, 1.54) is 24.3 Å². The molecule has 2 aromatic carbocycles. The molecule has 180 valence electrons. The smallest absolute Gasteiger partial charge is 0.270 e. The third-order valence-electron chi connectivity index (χ3n) is 6.34. The Labute approximate surface area is 199 Å². The van der Waals surface area contributed by atoms with Gasteiger partial charge in [-0.15, -0.1) is 0 Å². The van der Waals surface area contributed by atoms with Gasteiger partial charge < -0.3 is 19.5 Å². The zero-order valence-electron chi connectivity index (χ0n) is 19.2. The third kappa shape index (κ3) is 3.96. The second-order valence-corrected chi connectivity index (χ2v) is 8.44. The quantitative estimate of drug-likeness (QED) is 0.450. The van der Waals surface area contributed by atoms with Crippen LogP contribution in [-0.2, 0) is 0 Å². The number of H-pyrrole nitrogens is 1. The molecule has 0 bridgehead atoms. The second kappa shape index (κ2) is 8.98. The molecule has 4 aromatic rings. The number of aromatic nitrogens is 2. The van der Waals surface area contributed by atoms with Gasteiger partial charge in [0, 0.05) is 43.3 Å². The summed E-state index contributed by atoms with van der Waals surface area (Å²) in [6.07, 6.45) is 1.69. The molecule has 9 heteroatoms. The molecule has 0 spiro atoms. The van der Waals surface area contributed by atoms with E-state index in [4.69, 9.17) is 4.74 Å². The van der Waals surface area contributed by atoms with E-state index in [-0.39, 0.29) is 28.2 Å². The predicted octanol–water partition coefficient (Wildman–Crippen LogP) is 4.93. The molecule has 1 saturated heterocycles. The van der Waals surface area contributed by atoms with Crippen LogP contribution in [0.5, 0.6) is 5.75 Å². The van der Waals surface area contributed by atoms with Gasteiger partial charge in [0.25, 0.3) is 5.91 Å². The zero-order chi connectivity index (χ0) is 24.7. The van der Waals surface area contributed by atoms with Crippen LogP contribution >= 0.6 is 0 Å². The first-order valence-electron chi connectivity index (χ1n) is 11.2. The minimum absolute atomic E-state index is 0.00835. The molecule has 1 amide bonds. The number of methoxy groups -OCH3 is 1. The van der Waals surface area contributed by atoms with Gasteiger partial charge in [0.15, 0.2) is 23.2 Å². The minimum Gasteiger partial charge on any atom is -0.493 e. The van der Waals surface area contributed by atoms with Crippen LogP contribution in [0.1, 0.15) is 16.1 Å². The van der Waals surface area contributed by atoms with Gasteiger partial charge >= 0.3 is 0 Å². The summed E-state index contributed by atoms with van der Waals surface area (Å²) in [5.41, 5.74) is 0.859. The molecule has 0 saturated carbocycles. The number of pyridine rings is 1. The Morgan fingerprint density at radius 3 is 2.51 bits per heavy atom. The number of fused-ring (bicyclic) bond motifs is 1. The molecule has 6 nitrogen and oxygen atoms in total. The molecule has 35 heavy (non-hydrogen) atoms. The van der Waals surface area contributed by atoms with Gasteiger partial charge in [0.1, 0.15) is 11.5 Å². The van der Waals surface area contributed by atoms with Crippen LogP contribution < -0.4 is 9.64 Å². The highest BCUT2D eigenvalue weighted by molar-refractivity contribution is 6.03. The van der Waals surface area contributed by atoms with Crippen molar-refractivity contribution in [3.63, 3.8) is 0 Å². The lowest BCUT2D eigenvalue weighted by Gasteiger charge is -2.35. The number of nitrogens with one attached hydrogen (secondary N) is 1. The van der Waals surface area contributed by atoms with Crippen LogP contribution in [0.25, 0.3) is 22.0 Å². The topological polar surface area (TPSA) is 61.5 Å². The summed E-state index contributed by atoms with van der Waals surface area (Å²) in [5.74, 6) is -1.47. The van der Waals surface area contributed by atoms with Gasteiger partial charge in [-0.1, -0.05) is 12.1 Å². The van der Waals surface area contributed by atoms with E-state index in [0.29, 0.717) is 48.7 Å². The van der Waals surface area contributed by atoms with Crippen molar-refractivity contribution in [2.75, 3.05) is 38.2 Å². The molecule has 0 aliphatic carbocycles. The Bertz CT molecular complexity index is 1430. The van der Waals surface area contributed by atoms with Gasteiger partial charge in [0.2, 0.25) is 0 Å². The van der Waals surface area contributed by atoms with Crippen LogP contribution in [0.4, 0.5) is 19.0 Å². The first-order chi connectivity index (χ1) is 16.9. The van der Waals surface area contributed by atoms with Crippen molar-refractivity contribution < 1.29 is 22.7 Å². The summed E-state index contributed by atoms with van der Waals surface area (Å²) < 4.78 is 48.8. The average molecular weight is 480 g/mol. The molecule has 0 unspecified atom stereocenters. The maximum atomic E-state index is 15.0. The number of carbonyl (C=O) groups excluding carboxylic acids is 1. The number of halogens is 3. The summed E-state index contributed by atoms with van der Waals surface area (Å²) in [6, 6.07) is 10.5. The zero-order valence-corrected chi connectivity index (χ0v) is 19.2. The largest absolute Gasteiger partial charge is 0.493 e. The summed E-state index contributed by atoms with van der Waals surface area (Å²) in [6.45, 7) is 3.50. The number of benzene rings is 2. The minimum atomic E-state index is -1.02. The summed E-state index contributed by atoms with van der Waals surface area (Å²) in [5, 5.41) is 0.317. The molecule has 5 rings (SSSR count). The standard InChI is InChI=1S/C26H23F3N4O2/c1-15-13-17(16-5-3-6-19(27)23(16)29)18-14-20(31-24(18)22(15)28)26(34)33-11-9-32(10-12-33)25-21(35-2)7-4-8-30-25/h3-8,13-14,31H,9-12H2,1-2H3. The van der Waals surface area contributed by atoms with Crippen LogP contribution in [-0.4, -0.2) is 54.1 Å². The molecule has 2 aromatic heterocycles. The molecular formula is C26H23F3N4O2. The van der Waals surface area contributed by atoms with Crippen LogP contribution in [0, 0.1) is 24.4 Å². The Kier molecular flexibility index (Phi) is 5.84. The molecule has 1 aliphatic rings. The monoisotopic (exact) mass is 480 g/mol. The number of nitrogens with zero attached hydrogens (tertiary/aromatic N) is 3. The molecular weight excluding hydrogens is 457 g/mol. The average Bonchev–Trinajstić information content (AvgIpc) is 3.33. The summed E-state index contributed by atoms with van der Waals surface area (Å²) in [7, 11) is 1.58. The maximum Gasteiger partial charge on any atom is 0.270 e. The molecule has 3 heterocycles. The van der Waals surface area contributed by atoms with Crippen molar-refractivity contribution in [1.82, 2.24) is 14.9 Å². The normalized spacial score (nSPS) is 14.0. The highest BCUT2D eigenvalue weighted by atomic mass is 19.2. The number of hydrogen-bond acceptors (Lipinski definition) is 4. The second-order valence-electron chi connectivity index (χ2n) is 8.44. The van der Waals surface area contributed by atoms with Crippen molar-refractivity contribution in [2.24, 2.45) is 0 Å². The Balaban J connectivity index is 1.44. The lowest BCUT2D eigenvalue weighted by Crippen LogP contribution is -2.49. The number of anilines is 1. The van der Waals surface area contributed by atoms with E-state index >= 15 is 0 Å². The Hall–Kier alpha value is -4.01. The lowest BCUT2D eigenvalue weighted by atomic mass is 9.98. The summed E-state index contributed by atoms with van der Waals surface area (Å²) >= 11 is 0. The van der Waals surface area contributed by atoms with Crippen LogP contribution in [0.3, 0.4) is 0 Å². The number of amides is 1. The number of carbonyl (C=O) groups is 1. The van der Waals surface area contributed by atoms with Gasteiger partial charge in [-0.3, -0.25) is 4.79 Å². The third-order valence-corrected chi connectivity index (χ3v) is 6.34. The Morgan fingerprint density at radius 2 is 1.77 bits per heavy atom. The number of piperazine rings is 1. The Morgan fingerprint density at radius 1 is 1.00 bits per heavy atom. The number of hydrogen-bond donors (Lipinski definition) is 1.